The standard InChI is InChI=1S/C10H14BrNO2S/c1-12(10(13)3-4-14-2)6-9-5-8(11)7-15-9/h5,7H,3-4,6H2,1-2H3. The van der Waals surface area contributed by atoms with Crippen LogP contribution in [-0.4, -0.2) is 31.6 Å². The SMILES string of the molecule is COCCC(=O)N(C)Cc1cc(Br)cs1. The highest BCUT2D eigenvalue weighted by Gasteiger charge is 2.09. The zero-order valence-electron chi connectivity index (χ0n) is 8.83. The molecule has 0 radical (unpaired) electrons. The van der Waals surface area contributed by atoms with Crippen molar-refractivity contribution in [2.45, 2.75) is 13.0 Å². The predicted molar refractivity (Wildman–Crippen MR) is 65.0 cm³/mol. The number of thiophene rings is 1. The fourth-order valence-electron chi connectivity index (χ4n) is 1.14. The molecule has 0 saturated carbocycles. The van der Waals surface area contributed by atoms with Gasteiger partial charge in [-0.15, -0.1) is 11.3 Å². The molecule has 5 heteroatoms. The molecule has 0 aliphatic carbocycles. The lowest BCUT2D eigenvalue weighted by atomic mass is 10.3. The van der Waals surface area contributed by atoms with E-state index in [0.717, 1.165) is 4.47 Å². The van der Waals surface area contributed by atoms with Crippen LogP contribution in [0.4, 0.5) is 0 Å². The molecule has 0 bridgehead atoms. The van der Waals surface area contributed by atoms with Gasteiger partial charge in [-0.05, 0) is 22.0 Å². The first-order valence-electron chi connectivity index (χ1n) is 4.59. The molecule has 0 fully saturated rings. The lowest BCUT2D eigenvalue weighted by Crippen LogP contribution is -2.26. The van der Waals surface area contributed by atoms with E-state index in [1.807, 2.05) is 18.5 Å². The van der Waals surface area contributed by atoms with E-state index in [9.17, 15) is 4.79 Å². The van der Waals surface area contributed by atoms with Gasteiger partial charge < -0.3 is 9.64 Å². The van der Waals surface area contributed by atoms with Crippen LogP contribution in [0.25, 0.3) is 0 Å². The van der Waals surface area contributed by atoms with E-state index in [2.05, 4.69) is 15.9 Å². The minimum atomic E-state index is 0.112. The Hall–Kier alpha value is -0.390. The number of hydrogen-bond acceptors (Lipinski definition) is 3. The summed E-state index contributed by atoms with van der Waals surface area (Å²) < 4.78 is 5.93. The Kier molecular flexibility index (Phi) is 5.28. The molecule has 0 saturated heterocycles. The normalized spacial score (nSPS) is 10.3. The van der Waals surface area contributed by atoms with Crippen molar-refractivity contribution >= 4 is 33.2 Å². The number of halogens is 1. The molecule has 1 aromatic heterocycles. The molecule has 15 heavy (non-hydrogen) atoms. The molecule has 1 aromatic rings. The molecule has 0 N–H and O–H groups in total. The first kappa shape index (κ1) is 12.7. The van der Waals surface area contributed by atoms with Gasteiger partial charge in [0, 0.05) is 28.9 Å². The molecule has 1 amide bonds. The van der Waals surface area contributed by atoms with Crippen LogP contribution >= 0.6 is 27.3 Å². The molecule has 0 aliphatic heterocycles. The van der Waals surface area contributed by atoms with Crippen LogP contribution in [0.5, 0.6) is 0 Å². The van der Waals surface area contributed by atoms with Crippen LogP contribution < -0.4 is 0 Å². The average molecular weight is 292 g/mol. The quantitative estimate of drug-likeness (QED) is 0.834. The van der Waals surface area contributed by atoms with Crippen molar-refractivity contribution in [2.75, 3.05) is 20.8 Å². The van der Waals surface area contributed by atoms with E-state index >= 15 is 0 Å². The van der Waals surface area contributed by atoms with E-state index < -0.39 is 0 Å². The molecule has 0 aliphatic rings. The Bertz CT molecular complexity index is 327. The van der Waals surface area contributed by atoms with E-state index in [0.29, 0.717) is 19.6 Å². The summed E-state index contributed by atoms with van der Waals surface area (Å²) in [5.41, 5.74) is 0. The van der Waals surface area contributed by atoms with Crippen LogP contribution in [0.3, 0.4) is 0 Å². The maximum atomic E-state index is 11.6. The second-order valence-corrected chi connectivity index (χ2v) is 5.14. The molecule has 1 heterocycles. The molecule has 0 aromatic carbocycles. The lowest BCUT2D eigenvalue weighted by Gasteiger charge is -2.15. The van der Waals surface area contributed by atoms with Crippen molar-refractivity contribution in [2.24, 2.45) is 0 Å². The molecule has 0 spiro atoms. The number of nitrogens with zero attached hydrogens (tertiary/aromatic N) is 1. The second kappa shape index (κ2) is 6.25. The Morgan fingerprint density at radius 2 is 2.40 bits per heavy atom. The van der Waals surface area contributed by atoms with Crippen molar-refractivity contribution in [3.05, 3.63) is 20.8 Å². The average Bonchev–Trinajstić information content (AvgIpc) is 2.60. The molecule has 1 rings (SSSR count). The first-order chi connectivity index (χ1) is 7.13. The van der Waals surface area contributed by atoms with Crippen molar-refractivity contribution in [1.82, 2.24) is 4.90 Å². The van der Waals surface area contributed by atoms with Crippen LogP contribution in [0.1, 0.15) is 11.3 Å². The van der Waals surface area contributed by atoms with Crippen LogP contribution in [0, 0.1) is 0 Å². The summed E-state index contributed by atoms with van der Waals surface area (Å²) >= 11 is 5.04. The molecular formula is C10H14BrNO2S. The third-order valence-corrected chi connectivity index (χ3v) is 3.64. The summed E-state index contributed by atoms with van der Waals surface area (Å²) in [6.07, 6.45) is 0.444. The number of carbonyl (C=O) groups excluding carboxylic acids is 1. The zero-order valence-corrected chi connectivity index (χ0v) is 11.2. The highest BCUT2D eigenvalue weighted by molar-refractivity contribution is 9.10. The second-order valence-electron chi connectivity index (χ2n) is 3.22. The third-order valence-electron chi connectivity index (χ3n) is 1.96. The van der Waals surface area contributed by atoms with Crippen molar-refractivity contribution < 1.29 is 9.53 Å². The molecule has 0 unspecified atom stereocenters. The van der Waals surface area contributed by atoms with Gasteiger partial charge in [-0.2, -0.15) is 0 Å². The smallest absolute Gasteiger partial charge is 0.224 e. The van der Waals surface area contributed by atoms with Crippen LogP contribution in [0.2, 0.25) is 0 Å². The number of hydrogen-bond donors (Lipinski definition) is 0. The number of amides is 1. The van der Waals surface area contributed by atoms with Gasteiger partial charge in [-0.25, -0.2) is 0 Å². The summed E-state index contributed by atoms with van der Waals surface area (Å²) in [7, 11) is 3.41. The maximum Gasteiger partial charge on any atom is 0.224 e. The topological polar surface area (TPSA) is 29.5 Å². The van der Waals surface area contributed by atoms with Crippen molar-refractivity contribution in [3.8, 4) is 0 Å². The Balaban J connectivity index is 2.41. The van der Waals surface area contributed by atoms with Crippen molar-refractivity contribution in [1.29, 1.82) is 0 Å². The summed E-state index contributed by atoms with van der Waals surface area (Å²) in [6.45, 7) is 1.15. The summed E-state index contributed by atoms with van der Waals surface area (Å²) in [6, 6.07) is 2.03. The van der Waals surface area contributed by atoms with E-state index in [4.69, 9.17) is 4.74 Å². The van der Waals surface area contributed by atoms with Gasteiger partial charge in [0.25, 0.3) is 0 Å². The van der Waals surface area contributed by atoms with E-state index in [1.54, 1.807) is 23.3 Å². The Labute approximate surface area is 102 Å². The number of ether oxygens (including phenoxy) is 1. The molecule has 0 atom stereocenters. The number of methoxy groups -OCH3 is 1. The fraction of sp³-hybridized carbons (Fsp3) is 0.500. The first-order valence-corrected chi connectivity index (χ1v) is 6.26. The highest BCUT2D eigenvalue weighted by Crippen LogP contribution is 2.20. The largest absolute Gasteiger partial charge is 0.384 e. The number of carbonyl (C=O) groups is 1. The fourth-order valence-corrected chi connectivity index (χ4v) is 2.64. The van der Waals surface area contributed by atoms with Crippen LogP contribution in [-0.2, 0) is 16.1 Å². The van der Waals surface area contributed by atoms with Crippen LogP contribution in [0.15, 0.2) is 15.9 Å². The number of rotatable bonds is 5. The highest BCUT2D eigenvalue weighted by atomic mass is 79.9. The van der Waals surface area contributed by atoms with Gasteiger partial charge in [-0.1, -0.05) is 0 Å². The van der Waals surface area contributed by atoms with Crippen molar-refractivity contribution in [3.63, 3.8) is 0 Å². The summed E-state index contributed by atoms with van der Waals surface area (Å²) in [5.74, 6) is 0.112. The Morgan fingerprint density at radius 1 is 1.67 bits per heavy atom. The van der Waals surface area contributed by atoms with Gasteiger partial charge in [-0.3, -0.25) is 4.79 Å². The van der Waals surface area contributed by atoms with Gasteiger partial charge in [0.1, 0.15) is 0 Å². The summed E-state index contributed by atoms with van der Waals surface area (Å²) in [4.78, 5) is 14.4. The van der Waals surface area contributed by atoms with Gasteiger partial charge in [0.15, 0.2) is 0 Å². The maximum absolute atomic E-state index is 11.6. The summed E-state index contributed by atoms with van der Waals surface area (Å²) in [5, 5.41) is 2.02. The third kappa shape index (κ3) is 4.32. The minimum Gasteiger partial charge on any atom is -0.384 e. The van der Waals surface area contributed by atoms with Gasteiger partial charge >= 0.3 is 0 Å². The Morgan fingerprint density at radius 3 is 2.93 bits per heavy atom. The van der Waals surface area contributed by atoms with E-state index in [-0.39, 0.29) is 5.91 Å². The van der Waals surface area contributed by atoms with Gasteiger partial charge in [0.05, 0.1) is 19.6 Å². The van der Waals surface area contributed by atoms with Gasteiger partial charge in [0.2, 0.25) is 5.91 Å². The minimum absolute atomic E-state index is 0.112. The predicted octanol–water partition coefficient (Wildman–Crippen LogP) is 2.51. The zero-order chi connectivity index (χ0) is 11.3. The molecule has 84 valence electrons. The molecular weight excluding hydrogens is 278 g/mol. The van der Waals surface area contributed by atoms with E-state index in [1.165, 1.54) is 4.88 Å². The lowest BCUT2D eigenvalue weighted by molar-refractivity contribution is -0.131. The monoisotopic (exact) mass is 291 g/mol. The molecule has 3 nitrogen and oxygen atoms in total.